The van der Waals surface area contributed by atoms with Gasteiger partial charge in [-0.1, -0.05) is 84.7 Å². The highest BCUT2D eigenvalue weighted by atomic mass is 16.2. The summed E-state index contributed by atoms with van der Waals surface area (Å²) in [6, 6.07) is 8.72. The van der Waals surface area contributed by atoms with Crippen LogP contribution in [0.2, 0.25) is 0 Å². The Morgan fingerprint density at radius 2 is 1.26 bits per heavy atom. The second-order valence-corrected chi connectivity index (χ2v) is 13.3. The Hall–Kier alpha value is -2.37. The van der Waals surface area contributed by atoms with Crippen LogP contribution in [-0.4, -0.2) is 30.3 Å². The van der Waals surface area contributed by atoms with E-state index in [9.17, 15) is 14.4 Å². The van der Waals surface area contributed by atoms with Crippen molar-refractivity contribution < 1.29 is 14.4 Å². The topological polar surface area (TPSA) is 87.3 Å². The van der Waals surface area contributed by atoms with E-state index in [0.717, 1.165) is 37.7 Å². The van der Waals surface area contributed by atoms with Gasteiger partial charge in [-0.15, -0.1) is 0 Å². The van der Waals surface area contributed by atoms with Crippen molar-refractivity contribution in [2.45, 2.75) is 99.1 Å². The molecule has 0 aliphatic heterocycles. The molecule has 6 nitrogen and oxygen atoms in total. The average Bonchev–Trinajstić information content (AvgIpc) is 2.90. The number of hydrogen-bond donors (Lipinski definition) is 3. The smallest absolute Gasteiger partial charge is 0.242 e. The summed E-state index contributed by atoms with van der Waals surface area (Å²) < 4.78 is 0. The first-order valence-corrected chi connectivity index (χ1v) is 15.4. The molecule has 2 aliphatic rings. The first-order valence-electron chi connectivity index (χ1n) is 15.4. The van der Waals surface area contributed by atoms with Crippen LogP contribution < -0.4 is 16.0 Å². The summed E-state index contributed by atoms with van der Waals surface area (Å²) >= 11 is 0. The third kappa shape index (κ3) is 8.56. The van der Waals surface area contributed by atoms with E-state index in [2.05, 4.69) is 57.5 Å². The minimum atomic E-state index is -0.658. The van der Waals surface area contributed by atoms with E-state index in [1.54, 1.807) is 6.92 Å². The summed E-state index contributed by atoms with van der Waals surface area (Å²) in [5.41, 5.74) is 0.933. The number of nitrogens with one attached hydrogen (secondary N) is 3. The predicted octanol–water partition coefficient (Wildman–Crippen LogP) is 5.88. The number of hydrogen-bond acceptors (Lipinski definition) is 3. The van der Waals surface area contributed by atoms with Gasteiger partial charge in [-0.05, 0) is 73.7 Å². The number of benzene rings is 1. The second kappa shape index (κ2) is 14.3. The zero-order valence-corrected chi connectivity index (χ0v) is 25.3. The molecule has 2 fully saturated rings. The van der Waals surface area contributed by atoms with E-state index in [1.807, 2.05) is 30.3 Å². The molecule has 1 unspecified atom stereocenters. The van der Waals surface area contributed by atoms with Gasteiger partial charge < -0.3 is 16.0 Å². The van der Waals surface area contributed by atoms with Crippen molar-refractivity contribution in [3.63, 3.8) is 0 Å². The molecule has 1 aromatic carbocycles. The van der Waals surface area contributed by atoms with Crippen LogP contribution in [0.5, 0.6) is 0 Å². The van der Waals surface area contributed by atoms with Crippen LogP contribution in [-0.2, 0) is 14.4 Å². The van der Waals surface area contributed by atoms with Gasteiger partial charge >= 0.3 is 0 Å². The molecule has 2 saturated carbocycles. The molecule has 0 aromatic heterocycles. The Balaban J connectivity index is 1.65. The largest absolute Gasteiger partial charge is 0.353 e. The van der Waals surface area contributed by atoms with Crippen LogP contribution in [0.25, 0.3) is 0 Å². The molecule has 0 radical (unpaired) electrons. The summed E-state index contributed by atoms with van der Waals surface area (Å²) in [5, 5.41) is 9.30. The maximum absolute atomic E-state index is 13.4. The molecule has 0 heterocycles. The van der Waals surface area contributed by atoms with Gasteiger partial charge in [0, 0.05) is 18.4 Å². The van der Waals surface area contributed by atoms with Gasteiger partial charge in [-0.2, -0.15) is 0 Å². The van der Waals surface area contributed by atoms with Crippen LogP contribution in [0.1, 0.15) is 98.6 Å². The lowest BCUT2D eigenvalue weighted by Gasteiger charge is -2.37. The monoisotopic (exact) mass is 539 g/mol. The molecule has 0 bridgehead atoms. The van der Waals surface area contributed by atoms with Crippen LogP contribution in [0.3, 0.4) is 0 Å². The van der Waals surface area contributed by atoms with Gasteiger partial charge in [0.15, 0.2) is 0 Å². The van der Waals surface area contributed by atoms with Crippen molar-refractivity contribution in [2.75, 3.05) is 6.54 Å². The predicted molar refractivity (Wildman–Crippen MR) is 158 cm³/mol. The van der Waals surface area contributed by atoms with Gasteiger partial charge in [0.1, 0.15) is 6.04 Å². The van der Waals surface area contributed by atoms with Gasteiger partial charge in [-0.3, -0.25) is 14.4 Å². The van der Waals surface area contributed by atoms with Crippen LogP contribution in [0.4, 0.5) is 0 Å². The molecule has 2 aliphatic carbocycles. The van der Waals surface area contributed by atoms with Crippen molar-refractivity contribution in [1.82, 2.24) is 16.0 Å². The maximum atomic E-state index is 13.4. The van der Waals surface area contributed by atoms with Gasteiger partial charge in [-0.25, -0.2) is 0 Å². The van der Waals surface area contributed by atoms with Crippen molar-refractivity contribution >= 4 is 17.7 Å². The van der Waals surface area contributed by atoms with Gasteiger partial charge in [0.2, 0.25) is 17.7 Å². The minimum Gasteiger partial charge on any atom is -0.353 e. The fourth-order valence-electron chi connectivity index (χ4n) is 6.96. The molecule has 3 N–H and O–H groups in total. The average molecular weight is 540 g/mol. The molecule has 39 heavy (non-hydrogen) atoms. The summed E-state index contributed by atoms with van der Waals surface area (Å²) in [7, 11) is 0. The number of rotatable bonds is 10. The SMILES string of the molecule is CC(NC(=O)[C@@H]1C[C@H](C)CC[C@H]1C(C)C)C(=O)N[C@H](CNC(=O)[C@@H]1C[C@H](C)CC[C@H]1C(C)C)c1ccccc1. The molecule has 218 valence electrons. The Labute approximate surface area is 236 Å². The summed E-state index contributed by atoms with van der Waals surface area (Å²) in [5.74, 6) is 2.49. The Morgan fingerprint density at radius 3 is 1.77 bits per heavy atom. The Bertz CT molecular complexity index is 947. The third-order valence-corrected chi connectivity index (χ3v) is 9.47. The quantitative estimate of drug-likeness (QED) is 0.347. The minimum absolute atomic E-state index is 0.00544. The van der Waals surface area contributed by atoms with Crippen molar-refractivity contribution in [3.05, 3.63) is 35.9 Å². The zero-order valence-electron chi connectivity index (χ0n) is 25.3. The Morgan fingerprint density at radius 1 is 0.744 bits per heavy atom. The molecule has 6 heteroatoms. The molecule has 0 spiro atoms. The lowest BCUT2D eigenvalue weighted by Crippen LogP contribution is -2.51. The lowest BCUT2D eigenvalue weighted by atomic mass is 9.69. The normalized spacial score (nSPS) is 28.9. The summed E-state index contributed by atoms with van der Waals surface area (Å²) in [6.07, 6.45) is 6.27. The molecular formula is C33H53N3O3. The van der Waals surface area contributed by atoms with E-state index >= 15 is 0 Å². The lowest BCUT2D eigenvalue weighted by molar-refractivity contribution is -0.134. The zero-order chi connectivity index (χ0) is 28.7. The molecule has 3 amide bonds. The highest BCUT2D eigenvalue weighted by Gasteiger charge is 2.37. The summed E-state index contributed by atoms with van der Waals surface area (Å²) in [4.78, 5) is 40.0. The first kappa shape index (κ1) is 31.2. The van der Waals surface area contributed by atoms with Crippen LogP contribution in [0.15, 0.2) is 30.3 Å². The van der Waals surface area contributed by atoms with Crippen molar-refractivity contribution in [2.24, 2.45) is 47.3 Å². The van der Waals surface area contributed by atoms with Crippen LogP contribution >= 0.6 is 0 Å². The molecule has 1 aromatic rings. The highest BCUT2D eigenvalue weighted by Crippen LogP contribution is 2.39. The number of carbonyl (C=O) groups is 3. The van der Waals surface area contributed by atoms with E-state index < -0.39 is 6.04 Å². The van der Waals surface area contributed by atoms with Crippen molar-refractivity contribution in [3.8, 4) is 0 Å². The van der Waals surface area contributed by atoms with Crippen LogP contribution in [0, 0.1) is 47.3 Å². The number of carbonyl (C=O) groups excluding carboxylic acids is 3. The highest BCUT2D eigenvalue weighted by molar-refractivity contribution is 5.88. The standard InChI is InChI=1S/C33H53N3O3/c1-20(2)26-15-13-22(5)17-28(26)32(38)34-19-30(25-11-9-8-10-12-25)36-31(37)24(7)35-33(39)29-18-23(6)14-16-27(29)21(3)4/h8-12,20-24,26-30H,13-19H2,1-7H3,(H,34,38)(H,35,39)(H,36,37)/t22-,23-,24?,26+,27+,28-,29-,30-/m1/s1. The second-order valence-electron chi connectivity index (χ2n) is 13.3. The Kier molecular flexibility index (Phi) is 11.4. The molecule has 3 rings (SSSR count). The number of amides is 3. The fourth-order valence-corrected chi connectivity index (χ4v) is 6.96. The van der Waals surface area contributed by atoms with E-state index in [1.165, 1.54) is 6.42 Å². The van der Waals surface area contributed by atoms with E-state index in [-0.39, 0.29) is 35.6 Å². The van der Waals surface area contributed by atoms with E-state index in [0.29, 0.717) is 42.1 Å². The third-order valence-electron chi connectivity index (χ3n) is 9.47. The van der Waals surface area contributed by atoms with E-state index in [4.69, 9.17) is 0 Å². The van der Waals surface area contributed by atoms with Gasteiger partial charge in [0.25, 0.3) is 0 Å². The molecule has 8 atom stereocenters. The maximum Gasteiger partial charge on any atom is 0.242 e. The fraction of sp³-hybridized carbons (Fsp3) is 0.727. The van der Waals surface area contributed by atoms with Crippen molar-refractivity contribution in [1.29, 1.82) is 0 Å². The molecule has 0 saturated heterocycles. The van der Waals surface area contributed by atoms with Gasteiger partial charge in [0.05, 0.1) is 6.04 Å². The summed E-state index contributed by atoms with van der Waals surface area (Å²) in [6.45, 7) is 15.3. The first-order chi connectivity index (χ1) is 18.5. The molecular weight excluding hydrogens is 486 g/mol.